The van der Waals surface area contributed by atoms with Gasteiger partial charge in [-0.1, -0.05) is 40.2 Å². The summed E-state index contributed by atoms with van der Waals surface area (Å²) in [4.78, 5) is 12.4. The van der Waals surface area contributed by atoms with Crippen molar-refractivity contribution >= 4 is 61.4 Å². The molecule has 2 N–H and O–H groups in total. The molecule has 6 nitrogen and oxygen atoms in total. The van der Waals surface area contributed by atoms with Crippen molar-refractivity contribution in [1.82, 2.24) is 5.43 Å². The standard InChI is InChI=1S/C20H14BrIN2O4/c21-14-5-13(19(25)15(22)8-14)9-23-24-20(26)18-10-27-16-6-11-3-1-2-4-12(11)7-17(16)28-18/h1-9,18,25H,10H2,(H,24,26)/b23-9+/t18-/m0/s1. The Morgan fingerprint density at radius 2 is 1.93 bits per heavy atom. The highest BCUT2D eigenvalue weighted by molar-refractivity contribution is 14.1. The fourth-order valence-corrected chi connectivity index (χ4v) is 4.36. The average Bonchev–Trinajstić information content (AvgIpc) is 2.69. The van der Waals surface area contributed by atoms with Gasteiger partial charge in [0.15, 0.2) is 11.5 Å². The Bertz CT molecular complexity index is 1100. The Balaban J connectivity index is 1.46. The van der Waals surface area contributed by atoms with Gasteiger partial charge in [-0.3, -0.25) is 4.79 Å². The molecule has 0 saturated carbocycles. The van der Waals surface area contributed by atoms with E-state index in [-0.39, 0.29) is 12.4 Å². The number of carbonyl (C=O) groups is 1. The van der Waals surface area contributed by atoms with E-state index in [9.17, 15) is 9.90 Å². The number of hydrogen-bond acceptors (Lipinski definition) is 5. The van der Waals surface area contributed by atoms with Crippen molar-refractivity contribution in [2.45, 2.75) is 6.10 Å². The molecular formula is C20H14BrIN2O4. The van der Waals surface area contributed by atoms with E-state index in [4.69, 9.17) is 9.47 Å². The fraction of sp³-hybridized carbons (Fsp3) is 0.100. The third-order valence-corrected chi connectivity index (χ3v) is 5.48. The summed E-state index contributed by atoms with van der Waals surface area (Å²) in [5.74, 6) is 0.798. The highest BCUT2D eigenvalue weighted by Crippen LogP contribution is 2.35. The number of aromatic hydroxyl groups is 1. The number of phenols is 1. The lowest BCUT2D eigenvalue weighted by Crippen LogP contribution is -2.42. The smallest absolute Gasteiger partial charge is 0.284 e. The lowest BCUT2D eigenvalue weighted by molar-refractivity contribution is -0.130. The second-order valence-electron chi connectivity index (χ2n) is 6.12. The van der Waals surface area contributed by atoms with Crippen LogP contribution in [0.2, 0.25) is 0 Å². The summed E-state index contributed by atoms with van der Waals surface area (Å²) in [5, 5.41) is 16.0. The SMILES string of the molecule is O=C(N/N=C/c1cc(Br)cc(I)c1O)[C@@H]1COc2cc3ccccc3cc2O1. The topological polar surface area (TPSA) is 80.2 Å². The van der Waals surface area contributed by atoms with Crippen LogP contribution in [0.25, 0.3) is 10.8 Å². The quantitative estimate of drug-likeness (QED) is 0.290. The molecule has 0 fully saturated rings. The number of rotatable bonds is 3. The van der Waals surface area contributed by atoms with Crippen molar-refractivity contribution in [1.29, 1.82) is 0 Å². The zero-order valence-corrected chi connectivity index (χ0v) is 18.1. The van der Waals surface area contributed by atoms with E-state index in [1.807, 2.05) is 59.0 Å². The fourth-order valence-electron chi connectivity index (χ4n) is 2.81. The van der Waals surface area contributed by atoms with Gasteiger partial charge in [0, 0.05) is 10.0 Å². The number of hydrazone groups is 1. The molecule has 1 heterocycles. The predicted octanol–water partition coefficient (Wildman–Crippen LogP) is 4.20. The molecule has 4 rings (SSSR count). The molecule has 0 bridgehead atoms. The van der Waals surface area contributed by atoms with Crippen LogP contribution in [0.15, 0.2) is 58.1 Å². The van der Waals surface area contributed by atoms with Crippen LogP contribution in [0.4, 0.5) is 0 Å². The van der Waals surface area contributed by atoms with Gasteiger partial charge in [0.25, 0.3) is 5.91 Å². The zero-order chi connectivity index (χ0) is 19.7. The van der Waals surface area contributed by atoms with Gasteiger partial charge in [-0.15, -0.1) is 0 Å². The first-order valence-electron chi connectivity index (χ1n) is 8.34. The summed E-state index contributed by atoms with van der Waals surface area (Å²) in [6.07, 6.45) is 0.563. The molecule has 0 spiro atoms. The summed E-state index contributed by atoms with van der Waals surface area (Å²) in [7, 11) is 0. The summed E-state index contributed by atoms with van der Waals surface area (Å²) >= 11 is 5.38. The van der Waals surface area contributed by atoms with Crippen LogP contribution in [0.5, 0.6) is 17.2 Å². The molecule has 1 aliphatic heterocycles. The number of amides is 1. The maximum Gasteiger partial charge on any atom is 0.284 e. The maximum absolute atomic E-state index is 12.4. The van der Waals surface area contributed by atoms with Crippen molar-refractivity contribution < 1.29 is 19.4 Å². The van der Waals surface area contributed by atoms with Crippen molar-refractivity contribution in [2.75, 3.05) is 6.61 Å². The van der Waals surface area contributed by atoms with Gasteiger partial charge in [0.1, 0.15) is 12.4 Å². The van der Waals surface area contributed by atoms with E-state index >= 15 is 0 Å². The Labute approximate surface area is 182 Å². The largest absolute Gasteiger partial charge is 0.506 e. The molecule has 0 unspecified atom stereocenters. The van der Waals surface area contributed by atoms with Crippen LogP contribution < -0.4 is 14.9 Å². The third kappa shape index (κ3) is 3.93. The van der Waals surface area contributed by atoms with E-state index in [2.05, 4.69) is 26.5 Å². The van der Waals surface area contributed by atoms with Crippen LogP contribution in [0, 0.1) is 3.57 Å². The molecule has 0 saturated heterocycles. The van der Waals surface area contributed by atoms with E-state index in [0.29, 0.717) is 20.6 Å². The number of phenolic OH excluding ortho intramolecular Hbond substituents is 1. The third-order valence-electron chi connectivity index (χ3n) is 4.20. The number of ether oxygens (including phenoxy) is 2. The first-order chi connectivity index (χ1) is 13.5. The Morgan fingerprint density at radius 1 is 1.21 bits per heavy atom. The molecule has 1 aliphatic rings. The molecule has 3 aromatic carbocycles. The lowest BCUT2D eigenvalue weighted by atomic mass is 10.1. The van der Waals surface area contributed by atoms with Crippen molar-refractivity contribution in [2.24, 2.45) is 5.10 Å². The van der Waals surface area contributed by atoms with Gasteiger partial charge < -0.3 is 14.6 Å². The summed E-state index contributed by atoms with van der Waals surface area (Å²) < 4.78 is 13.0. The van der Waals surface area contributed by atoms with E-state index in [1.54, 1.807) is 12.1 Å². The molecule has 0 radical (unpaired) electrons. The predicted molar refractivity (Wildman–Crippen MR) is 118 cm³/mol. The van der Waals surface area contributed by atoms with Crippen LogP contribution >= 0.6 is 38.5 Å². The number of nitrogens with one attached hydrogen (secondary N) is 1. The van der Waals surface area contributed by atoms with Gasteiger partial charge in [-0.25, -0.2) is 5.43 Å². The normalized spacial score (nSPS) is 15.7. The number of fused-ring (bicyclic) bond motifs is 2. The Morgan fingerprint density at radius 3 is 2.68 bits per heavy atom. The Kier molecular flexibility index (Phi) is 5.40. The van der Waals surface area contributed by atoms with E-state index < -0.39 is 12.0 Å². The molecule has 1 amide bonds. The van der Waals surface area contributed by atoms with Gasteiger partial charge in [-0.2, -0.15) is 5.10 Å². The highest BCUT2D eigenvalue weighted by atomic mass is 127. The van der Waals surface area contributed by atoms with Gasteiger partial charge >= 0.3 is 0 Å². The average molecular weight is 553 g/mol. The second kappa shape index (κ2) is 7.96. The second-order valence-corrected chi connectivity index (χ2v) is 8.20. The Hall–Kier alpha value is -2.33. The molecule has 142 valence electrons. The first-order valence-corrected chi connectivity index (χ1v) is 10.2. The monoisotopic (exact) mass is 552 g/mol. The molecule has 28 heavy (non-hydrogen) atoms. The molecular weight excluding hydrogens is 539 g/mol. The van der Waals surface area contributed by atoms with Crippen molar-refractivity contribution in [3.05, 3.63) is 62.1 Å². The highest BCUT2D eigenvalue weighted by Gasteiger charge is 2.27. The number of nitrogens with zero attached hydrogens (tertiary/aromatic N) is 1. The first kappa shape index (κ1) is 19.0. The molecule has 0 aromatic heterocycles. The number of benzene rings is 3. The summed E-state index contributed by atoms with van der Waals surface area (Å²) in [6.45, 7) is 0.0900. The number of halogens is 2. The van der Waals surface area contributed by atoms with Gasteiger partial charge in [0.05, 0.1) is 9.78 Å². The summed E-state index contributed by atoms with van der Waals surface area (Å²) in [6, 6.07) is 15.1. The minimum Gasteiger partial charge on any atom is -0.506 e. The molecule has 3 aromatic rings. The minimum absolute atomic E-state index is 0.0900. The number of carbonyl (C=O) groups excluding carboxylic acids is 1. The molecule has 8 heteroatoms. The van der Waals surface area contributed by atoms with Crippen molar-refractivity contribution in [3.8, 4) is 17.2 Å². The molecule has 0 aliphatic carbocycles. The summed E-state index contributed by atoms with van der Waals surface area (Å²) in [5.41, 5.74) is 2.91. The van der Waals surface area contributed by atoms with Crippen LogP contribution in [0.1, 0.15) is 5.56 Å². The van der Waals surface area contributed by atoms with Crippen LogP contribution in [0.3, 0.4) is 0 Å². The van der Waals surface area contributed by atoms with Gasteiger partial charge in [0.2, 0.25) is 6.10 Å². The van der Waals surface area contributed by atoms with Crippen LogP contribution in [-0.4, -0.2) is 29.9 Å². The minimum atomic E-state index is -0.818. The molecule has 1 atom stereocenters. The lowest BCUT2D eigenvalue weighted by Gasteiger charge is -2.25. The van der Waals surface area contributed by atoms with E-state index in [1.165, 1.54) is 6.21 Å². The number of hydrogen-bond donors (Lipinski definition) is 2. The van der Waals surface area contributed by atoms with E-state index in [0.717, 1.165) is 15.2 Å². The zero-order valence-electron chi connectivity index (χ0n) is 14.4. The van der Waals surface area contributed by atoms with Gasteiger partial charge in [-0.05, 0) is 57.6 Å². The van der Waals surface area contributed by atoms with Crippen LogP contribution in [-0.2, 0) is 4.79 Å². The maximum atomic E-state index is 12.4. The van der Waals surface area contributed by atoms with Crippen molar-refractivity contribution in [3.63, 3.8) is 0 Å².